The molecule has 24 heteroatoms. The van der Waals surface area contributed by atoms with Crippen LogP contribution in [0.1, 0.15) is 44.4 Å². The molecule has 24 nitrogen and oxygen atoms in total. The number of aromatic nitrogens is 2. The third-order valence-corrected chi connectivity index (χ3v) is 9.17. The topological polar surface area (TPSA) is 385 Å². The predicted octanol–water partition coefficient (Wildman–Crippen LogP) is -5.29. The molecule has 14 N–H and O–H groups in total. The van der Waals surface area contributed by atoms with E-state index in [0.717, 1.165) is 4.90 Å². The molecule has 1 aliphatic heterocycles. The molecule has 1 aliphatic rings. The van der Waals surface area contributed by atoms with Crippen molar-refractivity contribution in [3.8, 4) is 5.75 Å². The number of nitrogens with zero attached hydrogens (tertiary/aromatic N) is 2. The number of nitrogens with two attached hydrogens (primary N) is 1. The number of aliphatic carboxylic acids is 2. The van der Waals surface area contributed by atoms with Gasteiger partial charge in [-0.1, -0.05) is 12.1 Å². The van der Waals surface area contributed by atoms with E-state index in [1.165, 1.54) is 50.6 Å². The second kappa shape index (κ2) is 22.5. The van der Waals surface area contributed by atoms with Crippen molar-refractivity contribution in [2.45, 2.75) is 94.3 Å². The van der Waals surface area contributed by atoms with Crippen molar-refractivity contribution in [1.82, 2.24) is 46.8 Å². The summed E-state index contributed by atoms with van der Waals surface area (Å²) < 4.78 is 0. The van der Waals surface area contributed by atoms with Crippen LogP contribution in [0.4, 0.5) is 0 Å². The summed E-state index contributed by atoms with van der Waals surface area (Å²) in [5.41, 5.74) is 6.33. The molecule has 2 aromatic rings. The Morgan fingerprint density at radius 1 is 0.850 bits per heavy atom. The summed E-state index contributed by atoms with van der Waals surface area (Å²) in [6.07, 6.45) is 0.219. The number of carbonyl (C=O) groups excluding carboxylic acids is 7. The van der Waals surface area contributed by atoms with Gasteiger partial charge in [-0.3, -0.25) is 38.4 Å². The maximum atomic E-state index is 13.4. The maximum absolute atomic E-state index is 13.4. The molecule has 0 aliphatic carbocycles. The van der Waals surface area contributed by atoms with Crippen LogP contribution in [0.5, 0.6) is 5.75 Å². The number of hydrogen-bond donors (Lipinski definition) is 13. The van der Waals surface area contributed by atoms with Crippen molar-refractivity contribution in [3.05, 3.63) is 48.0 Å². The number of carboxylic acid groups (broad SMARTS) is 2. The zero-order valence-electron chi connectivity index (χ0n) is 32.6. The molecule has 328 valence electrons. The minimum atomic E-state index is -1.68. The van der Waals surface area contributed by atoms with Crippen LogP contribution in [0.25, 0.3) is 0 Å². The van der Waals surface area contributed by atoms with Gasteiger partial charge < -0.3 is 73.1 Å². The van der Waals surface area contributed by atoms with Crippen molar-refractivity contribution in [3.63, 3.8) is 0 Å². The molecular formula is C36H50N10O14. The number of phenols is 1. The lowest BCUT2D eigenvalue weighted by molar-refractivity contribution is -0.146. The summed E-state index contributed by atoms with van der Waals surface area (Å²) in [5, 5.41) is 62.5. The fraction of sp³-hybridized carbons (Fsp3) is 0.500. The summed E-state index contributed by atoms with van der Waals surface area (Å²) in [7, 11) is 0. The number of carbonyl (C=O) groups is 9. The molecule has 2 heterocycles. The molecular weight excluding hydrogens is 796 g/mol. The van der Waals surface area contributed by atoms with Gasteiger partial charge in [-0.25, -0.2) is 9.78 Å². The van der Waals surface area contributed by atoms with Crippen molar-refractivity contribution in [1.29, 1.82) is 0 Å². The minimum absolute atomic E-state index is 0.00763. The number of H-pyrrole nitrogens is 1. The highest BCUT2D eigenvalue weighted by atomic mass is 16.4. The smallest absolute Gasteiger partial charge is 0.326 e. The van der Waals surface area contributed by atoms with Crippen LogP contribution >= 0.6 is 0 Å². The Kier molecular flexibility index (Phi) is 17.9. The van der Waals surface area contributed by atoms with E-state index in [1.807, 2.05) is 0 Å². The van der Waals surface area contributed by atoms with Gasteiger partial charge in [0, 0.05) is 31.3 Å². The Labute approximate surface area is 342 Å². The van der Waals surface area contributed by atoms with Gasteiger partial charge in [0.2, 0.25) is 41.4 Å². The summed E-state index contributed by atoms with van der Waals surface area (Å²) in [6, 6.07) is -4.63. The van der Waals surface area contributed by atoms with E-state index in [4.69, 9.17) is 5.73 Å². The largest absolute Gasteiger partial charge is 0.508 e. The fourth-order valence-corrected chi connectivity index (χ4v) is 5.99. The fourth-order valence-electron chi connectivity index (χ4n) is 5.99. The zero-order chi connectivity index (χ0) is 44.7. The minimum Gasteiger partial charge on any atom is -0.508 e. The molecule has 0 spiro atoms. The molecule has 1 fully saturated rings. The second-order valence-electron chi connectivity index (χ2n) is 14.0. The number of nitrogens with one attached hydrogen (secondary N) is 7. The lowest BCUT2D eigenvalue weighted by Gasteiger charge is -2.30. The van der Waals surface area contributed by atoms with Gasteiger partial charge in [-0.2, -0.15) is 0 Å². The maximum Gasteiger partial charge on any atom is 0.326 e. The first-order valence-corrected chi connectivity index (χ1v) is 18.6. The lowest BCUT2D eigenvalue weighted by Crippen LogP contribution is -2.60. The van der Waals surface area contributed by atoms with Crippen LogP contribution in [0.15, 0.2) is 36.8 Å². The number of likely N-dealkylation sites (tertiary alicyclic amines) is 1. The van der Waals surface area contributed by atoms with Gasteiger partial charge in [0.1, 0.15) is 42.0 Å². The Morgan fingerprint density at radius 3 is 2.05 bits per heavy atom. The van der Waals surface area contributed by atoms with Crippen molar-refractivity contribution < 1.29 is 68.7 Å². The Morgan fingerprint density at radius 2 is 1.48 bits per heavy atom. The molecule has 0 saturated carbocycles. The number of aromatic hydroxyl groups is 1. The number of aliphatic hydroxyl groups excluding tert-OH is 2. The van der Waals surface area contributed by atoms with E-state index in [9.17, 15) is 68.7 Å². The molecule has 7 amide bonds. The van der Waals surface area contributed by atoms with Crippen LogP contribution < -0.4 is 37.6 Å². The standard InChI is InChI=1S/C36H50N10O14/c1-17(37)30(53)42-23(12-28(51)52)35(58)46-9-3-4-26(46)33(56)45-29(18(2)48)34(57)39-14-27(50)41-22(11-20-13-38-16-40-20)31(54)44-25(15-47)32(55)43-24(36(59)60)10-19-5-7-21(49)8-6-19/h5-8,13,16-18,22-26,29,47-49H,3-4,9-12,14-15,37H2,1-2H3,(H,38,40)(H,39,57)(H,41,50)(H,42,53)(H,43,55)(H,44,54)(H,45,56)(H,51,52)(H,59,60)/t17-,18+,22-,23-,24-,25-,26-,29-/m0/s1. The number of hydrogen-bond acceptors (Lipinski definition) is 14. The summed E-state index contributed by atoms with van der Waals surface area (Å²) in [6.45, 7) is 0.714. The Bertz CT molecular complexity index is 1860. The SMILES string of the molecule is C[C@H](N)C(=O)N[C@@H](CC(=O)O)C(=O)N1CCC[C@H]1C(=O)N[C@H](C(=O)NCC(=O)N[C@@H](Cc1cnc[nH]1)C(=O)N[C@@H](CO)C(=O)N[C@@H](Cc1ccc(O)cc1)C(=O)O)[C@@H](C)O. The second-order valence-corrected chi connectivity index (χ2v) is 14.0. The zero-order valence-corrected chi connectivity index (χ0v) is 32.6. The summed E-state index contributed by atoms with van der Waals surface area (Å²) in [5.74, 6) is -9.56. The average molecular weight is 847 g/mol. The van der Waals surface area contributed by atoms with E-state index in [2.05, 4.69) is 41.9 Å². The van der Waals surface area contributed by atoms with Gasteiger partial charge in [0.25, 0.3) is 0 Å². The molecule has 8 atom stereocenters. The number of imidazole rings is 1. The van der Waals surface area contributed by atoms with E-state index in [1.54, 1.807) is 0 Å². The van der Waals surface area contributed by atoms with Crippen LogP contribution in [0.2, 0.25) is 0 Å². The normalized spacial score (nSPS) is 17.0. The Hall–Kier alpha value is -6.66. The van der Waals surface area contributed by atoms with E-state index < -0.39 is 121 Å². The van der Waals surface area contributed by atoms with Crippen LogP contribution in [0, 0.1) is 0 Å². The highest BCUT2D eigenvalue weighted by Gasteiger charge is 2.40. The highest BCUT2D eigenvalue weighted by Crippen LogP contribution is 2.20. The average Bonchev–Trinajstić information content (AvgIpc) is 3.90. The van der Waals surface area contributed by atoms with Gasteiger partial charge >= 0.3 is 11.9 Å². The predicted molar refractivity (Wildman–Crippen MR) is 204 cm³/mol. The van der Waals surface area contributed by atoms with Gasteiger partial charge in [-0.05, 0) is 44.4 Å². The number of benzene rings is 1. The van der Waals surface area contributed by atoms with Gasteiger partial charge in [-0.15, -0.1) is 0 Å². The number of aromatic amines is 1. The van der Waals surface area contributed by atoms with E-state index >= 15 is 0 Å². The van der Waals surface area contributed by atoms with E-state index in [0.29, 0.717) is 17.7 Å². The third kappa shape index (κ3) is 14.3. The number of amides is 7. The third-order valence-electron chi connectivity index (χ3n) is 9.17. The molecule has 0 bridgehead atoms. The van der Waals surface area contributed by atoms with Crippen molar-refractivity contribution >= 4 is 53.3 Å². The quantitative estimate of drug-likeness (QED) is 0.0526. The van der Waals surface area contributed by atoms with Crippen molar-refractivity contribution in [2.75, 3.05) is 19.7 Å². The Balaban J connectivity index is 1.65. The van der Waals surface area contributed by atoms with Gasteiger partial charge in [0.15, 0.2) is 0 Å². The van der Waals surface area contributed by atoms with Crippen LogP contribution in [-0.4, -0.2) is 162 Å². The lowest BCUT2D eigenvalue weighted by atomic mass is 10.1. The summed E-state index contributed by atoms with van der Waals surface area (Å²) >= 11 is 0. The number of rotatable bonds is 22. The molecule has 1 saturated heterocycles. The summed E-state index contributed by atoms with van der Waals surface area (Å²) in [4.78, 5) is 123. The molecule has 3 rings (SSSR count). The molecule has 1 aromatic carbocycles. The monoisotopic (exact) mass is 846 g/mol. The van der Waals surface area contributed by atoms with Crippen molar-refractivity contribution in [2.24, 2.45) is 5.73 Å². The molecule has 0 unspecified atom stereocenters. The number of phenolic OH excluding ortho intramolecular Hbond substituents is 1. The first-order chi connectivity index (χ1) is 28.3. The van der Waals surface area contributed by atoms with Crippen LogP contribution in [-0.2, 0) is 56.0 Å². The molecule has 60 heavy (non-hydrogen) atoms. The molecule has 0 radical (unpaired) electrons. The number of carboxylic acids is 2. The highest BCUT2D eigenvalue weighted by molar-refractivity contribution is 5.98. The first-order valence-electron chi connectivity index (χ1n) is 18.6. The first kappa shape index (κ1) is 47.7. The van der Waals surface area contributed by atoms with E-state index in [-0.39, 0.29) is 31.6 Å². The van der Waals surface area contributed by atoms with Crippen LogP contribution in [0.3, 0.4) is 0 Å². The molecule has 1 aromatic heterocycles. The van der Waals surface area contributed by atoms with Gasteiger partial charge in [0.05, 0.1) is 38.0 Å². The number of aliphatic hydroxyl groups is 2.